The quantitative estimate of drug-likeness (QED) is 0.0204. The second kappa shape index (κ2) is 37.0. The molecule has 0 saturated heterocycles. The van der Waals surface area contributed by atoms with E-state index in [2.05, 4.69) is 74.6 Å². The van der Waals surface area contributed by atoms with Crippen LogP contribution in [0.3, 0.4) is 0 Å². The van der Waals surface area contributed by atoms with Gasteiger partial charge in [0.15, 0.2) is 6.10 Å². The van der Waals surface area contributed by atoms with Gasteiger partial charge in [0.05, 0.1) is 40.3 Å². The number of hydrogen-bond donors (Lipinski definition) is 0. The molecule has 0 spiro atoms. The van der Waals surface area contributed by atoms with Crippen LogP contribution < -0.4 is 5.11 Å². The highest BCUT2D eigenvalue weighted by molar-refractivity contribution is 5.70. The Hall–Kier alpha value is -2.97. The van der Waals surface area contributed by atoms with E-state index in [1.807, 2.05) is 0 Å². The van der Waals surface area contributed by atoms with Crippen molar-refractivity contribution in [2.45, 2.75) is 174 Å². The van der Waals surface area contributed by atoms with E-state index in [1.165, 1.54) is 44.9 Å². The summed E-state index contributed by atoms with van der Waals surface area (Å²) in [6.45, 7) is 4.47. The first-order chi connectivity index (χ1) is 26.1. The van der Waals surface area contributed by atoms with Crippen LogP contribution >= 0.6 is 0 Å². The lowest BCUT2D eigenvalue weighted by molar-refractivity contribution is -0.889. The van der Waals surface area contributed by atoms with Crippen LogP contribution in [0.15, 0.2) is 60.8 Å². The fourth-order valence-electron chi connectivity index (χ4n) is 5.84. The Morgan fingerprint density at radius 1 is 0.593 bits per heavy atom. The van der Waals surface area contributed by atoms with Gasteiger partial charge in [-0.05, 0) is 70.6 Å². The van der Waals surface area contributed by atoms with Crippen molar-refractivity contribution in [2.75, 3.05) is 41.0 Å². The smallest absolute Gasteiger partial charge is 0.306 e. The van der Waals surface area contributed by atoms with Crippen molar-refractivity contribution in [3.05, 3.63) is 60.8 Å². The van der Waals surface area contributed by atoms with Gasteiger partial charge in [-0.25, -0.2) is 0 Å². The summed E-state index contributed by atoms with van der Waals surface area (Å²) in [6.07, 6.45) is 43.9. The Morgan fingerprint density at radius 3 is 1.69 bits per heavy atom. The van der Waals surface area contributed by atoms with Gasteiger partial charge in [0.2, 0.25) is 0 Å². The molecule has 2 unspecified atom stereocenters. The van der Waals surface area contributed by atoms with E-state index in [4.69, 9.17) is 14.2 Å². The third kappa shape index (κ3) is 34.8. The maximum Gasteiger partial charge on any atom is 0.306 e. The van der Waals surface area contributed by atoms with Gasteiger partial charge >= 0.3 is 11.9 Å². The predicted octanol–water partition coefficient (Wildman–Crippen LogP) is 10.1. The van der Waals surface area contributed by atoms with E-state index in [9.17, 15) is 19.5 Å². The number of carboxylic acids is 1. The summed E-state index contributed by atoms with van der Waals surface area (Å²) in [4.78, 5) is 36.8. The zero-order valence-corrected chi connectivity index (χ0v) is 35.1. The first-order valence-electron chi connectivity index (χ1n) is 21.3. The predicted molar refractivity (Wildman–Crippen MR) is 222 cm³/mol. The summed E-state index contributed by atoms with van der Waals surface area (Å²) in [5.74, 6) is -1.81. The highest BCUT2D eigenvalue weighted by Crippen LogP contribution is 2.12. The molecular weight excluding hydrogens is 679 g/mol. The van der Waals surface area contributed by atoms with Gasteiger partial charge in [0.25, 0.3) is 0 Å². The van der Waals surface area contributed by atoms with Gasteiger partial charge < -0.3 is 28.6 Å². The lowest BCUT2D eigenvalue weighted by atomic mass is 10.1. The first kappa shape index (κ1) is 51.0. The third-order valence-electron chi connectivity index (χ3n) is 9.17. The van der Waals surface area contributed by atoms with Crippen LogP contribution in [-0.2, 0) is 28.6 Å². The average Bonchev–Trinajstić information content (AvgIpc) is 3.12. The number of esters is 2. The Labute approximate surface area is 330 Å². The molecule has 310 valence electrons. The molecule has 2 atom stereocenters. The lowest BCUT2D eigenvalue weighted by Crippen LogP contribution is -2.55. The molecule has 54 heavy (non-hydrogen) atoms. The van der Waals surface area contributed by atoms with Gasteiger partial charge in [0, 0.05) is 19.3 Å². The Balaban J connectivity index is 4.44. The largest absolute Gasteiger partial charge is 0.544 e. The van der Waals surface area contributed by atoms with Crippen molar-refractivity contribution in [2.24, 2.45) is 0 Å². The monoisotopic (exact) mass is 758 g/mol. The molecule has 0 aromatic heterocycles. The molecule has 0 radical (unpaired) electrons. The van der Waals surface area contributed by atoms with E-state index in [0.29, 0.717) is 19.3 Å². The topological polar surface area (TPSA) is 102 Å². The number of likely N-dealkylation sites (N-methyl/N-ethyl adjacent to an activating group) is 1. The number of carbonyl (C=O) groups is 3. The number of unbranched alkanes of at least 4 members (excludes halogenated alkanes) is 14. The number of hydrogen-bond acceptors (Lipinski definition) is 7. The molecule has 0 heterocycles. The van der Waals surface area contributed by atoms with E-state index >= 15 is 0 Å². The molecular formula is C46H79NO7. The Morgan fingerprint density at radius 2 is 1.09 bits per heavy atom. The fraction of sp³-hybridized carbons (Fsp3) is 0.717. The Kier molecular flexibility index (Phi) is 34.9. The van der Waals surface area contributed by atoms with Crippen LogP contribution in [-0.4, -0.2) is 75.5 Å². The molecule has 0 aliphatic carbocycles. The molecule has 0 N–H and O–H groups in total. The Bertz CT molecular complexity index is 1070. The van der Waals surface area contributed by atoms with Gasteiger partial charge in [-0.15, -0.1) is 0 Å². The minimum atomic E-state index is -1.14. The lowest BCUT2D eigenvalue weighted by Gasteiger charge is -2.34. The zero-order valence-electron chi connectivity index (χ0n) is 35.1. The first-order valence-corrected chi connectivity index (χ1v) is 21.3. The second-order valence-electron chi connectivity index (χ2n) is 15.2. The molecule has 0 aromatic rings. The van der Waals surface area contributed by atoms with Crippen molar-refractivity contribution < 1.29 is 38.2 Å². The van der Waals surface area contributed by atoms with Crippen molar-refractivity contribution in [1.29, 1.82) is 0 Å². The van der Waals surface area contributed by atoms with Crippen molar-refractivity contribution in [1.82, 2.24) is 0 Å². The van der Waals surface area contributed by atoms with Crippen molar-refractivity contribution in [3.63, 3.8) is 0 Å². The second-order valence-corrected chi connectivity index (χ2v) is 15.2. The van der Waals surface area contributed by atoms with Crippen LogP contribution in [0, 0.1) is 0 Å². The summed E-state index contributed by atoms with van der Waals surface area (Å²) in [5.41, 5.74) is 0. The molecule has 0 rings (SSSR count). The molecule has 0 aromatic carbocycles. The van der Waals surface area contributed by atoms with Gasteiger partial charge in [-0.1, -0.05) is 132 Å². The maximum absolute atomic E-state index is 12.7. The van der Waals surface area contributed by atoms with E-state index in [1.54, 1.807) is 21.1 Å². The third-order valence-corrected chi connectivity index (χ3v) is 9.17. The van der Waals surface area contributed by atoms with Crippen LogP contribution in [0.2, 0.25) is 0 Å². The number of rotatable bonds is 37. The standard InChI is InChI=1S/C46H79NO7/c1-6-8-10-12-14-16-18-20-21-22-23-24-25-27-29-31-33-35-37-45(49)54-42(40-52-39-38-43(46(50)51)47(3,4)5)41-53-44(48)36-34-32-30-28-26-19-17-15-13-11-9-7-2/h9,11,15,17,21-24,26,28,42-43H,6-8,10,12-14,16,18-20,25,27,29-41H2,1-5H3/b11-9+,17-15+,22-21+,24-23+,28-26+. The number of carbonyl (C=O) groups excluding carboxylic acids is 3. The van der Waals surface area contributed by atoms with Crippen molar-refractivity contribution >= 4 is 17.9 Å². The summed E-state index contributed by atoms with van der Waals surface area (Å²) in [7, 11) is 5.38. The fourth-order valence-corrected chi connectivity index (χ4v) is 5.84. The van der Waals surface area contributed by atoms with Crippen LogP contribution in [0.5, 0.6) is 0 Å². The van der Waals surface area contributed by atoms with Gasteiger partial charge in [0.1, 0.15) is 12.6 Å². The summed E-state index contributed by atoms with van der Waals surface area (Å²) >= 11 is 0. The molecule has 0 saturated carbocycles. The van der Waals surface area contributed by atoms with Crippen LogP contribution in [0.1, 0.15) is 162 Å². The molecule has 0 fully saturated rings. The highest BCUT2D eigenvalue weighted by atomic mass is 16.6. The van der Waals surface area contributed by atoms with Crippen LogP contribution in [0.4, 0.5) is 0 Å². The summed E-state index contributed by atoms with van der Waals surface area (Å²) in [5, 5.41) is 11.6. The number of nitrogens with zero attached hydrogens (tertiary/aromatic N) is 1. The SMILES string of the molecule is CC/C=C/C/C=C/C/C=C/CCCCC(=O)OCC(COCCC(C(=O)[O-])[N+](C)(C)C)OC(=O)CCCCCCC/C=C/C=C/CCCCCCCCC. The summed E-state index contributed by atoms with van der Waals surface area (Å²) < 4.78 is 17.1. The average molecular weight is 758 g/mol. The normalized spacial score (nSPS) is 13.6. The van der Waals surface area contributed by atoms with Crippen molar-refractivity contribution in [3.8, 4) is 0 Å². The van der Waals surface area contributed by atoms with E-state index < -0.39 is 18.1 Å². The van der Waals surface area contributed by atoms with Gasteiger partial charge in [-0.2, -0.15) is 0 Å². The van der Waals surface area contributed by atoms with E-state index in [0.717, 1.165) is 77.0 Å². The van der Waals surface area contributed by atoms with Crippen LogP contribution in [0.25, 0.3) is 0 Å². The molecule has 0 bridgehead atoms. The maximum atomic E-state index is 12.7. The minimum Gasteiger partial charge on any atom is -0.544 e. The molecule has 0 aliphatic heterocycles. The van der Waals surface area contributed by atoms with Gasteiger partial charge in [-0.3, -0.25) is 9.59 Å². The molecule has 8 nitrogen and oxygen atoms in total. The number of aliphatic carboxylic acids is 1. The highest BCUT2D eigenvalue weighted by Gasteiger charge is 2.25. The minimum absolute atomic E-state index is 0.0197. The number of carboxylic acid groups (broad SMARTS) is 1. The molecule has 0 amide bonds. The summed E-state index contributed by atoms with van der Waals surface area (Å²) in [6, 6.07) is -0.736. The number of quaternary nitrogens is 1. The molecule has 0 aliphatic rings. The van der Waals surface area contributed by atoms with E-state index in [-0.39, 0.29) is 42.7 Å². The molecule has 8 heteroatoms. The number of allylic oxidation sites excluding steroid dienone is 10. The zero-order chi connectivity index (χ0) is 40.0. The number of ether oxygens (including phenoxy) is 3.